The number of hydrogen-bond donors (Lipinski definition) is 1. The smallest absolute Gasteiger partial charge is 0.223 e. The largest absolute Gasteiger partial charge is 0.340 e. The van der Waals surface area contributed by atoms with Gasteiger partial charge in [-0.25, -0.2) is 9.67 Å². The van der Waals surface area contributed by atoms with Gasteiger partial charge in [0.1, 0.15) is 5.82 Å². The van der Waals surface area contributed by atoms with Crippen LogP contribution in [0.2, 0.25) is 0 Å². The highest BCUT2D eigenvalue weighted by molar-refractivity contribution is 5.78. The van der Waals surface area contributed by atoms with Gasteiger partial charge in [-0.05, 0) is 49.1 Å². The summed E-state index contributed by atoms with van der Waals surface area (Å²) in [5.74, 6) is 1.08. The first-order valence-corrected chi connectivity index (χ1v) is 10.1. The molecule has 1 N–H and O–H groups in total. The lowest BCUT2D eigenvalue weighted by molar-refractivity contribution is -0.132. The van der Waals surface area contributed by atoms with Gasteiger partial charge in [-0.3, -0.25) is 4.79 Å². The van der Waals surface area contributed by atoms with Crippen LogP contribution < -0.4 is 0 Å². The van der Waals surface area contributed by atoms with Crippen LogP contribution in [0, 0.1) is 0 Å². The van der Waals surface area contributed by atoms with Gasteiger partial charge in [-0.2, -0.15) is 5.10 Å². The summed E-state index contributed by atoms with van der Waals surface area (Å²) in [6.07, 6.45) is 6.99. The molecule has 2 aromatic carbocycles. The Morgan fingerprint density at radius 2 is 1.93 bits per heavy atom. The highest BCUT2D eigenvalue weighted by Crippen LogP contribution is 2.32. The van der Waals surface area contributed by atoms with E-state index in [0.717, 1.165) is 47.5 Å². The first-order valence-electron chi connectivity index (χ1n) is 10.1. The predicted octanol–water partition coefficient (Wildman–Crippen LogP) is 4.04. The molecule has 0 saturated carbocycles. The maximum absolute atomic E-state index is 13.0. The van der Waals surface area contributed by atoms with E-state index in [0.29, 0.717) is 12.8 Å². The Kier molecular flexibility index (Phi) is 4.60. The number of rotatable bonds is 5. The van der Waals surface area contributed by atoms with Crippen molar-refractivity contribution < 1.29 is 4.79 Å². The van der Waals surface area contributed by atoms with E-state index >= 15 is 0 Å². The Bertz CT molecular complexity index is 1100. The fourth-order valence-electron chi connectivity index (χ4n) is 4.09. The number of carbonyl (C=O) groups excluding carboxylic acids is 1. The number of aryl methyl sites for hydroxylation is 1. The summed E-state index contributed by atoms with van der Waals surface area (Å²) in [4.78, 5) is 23.1. The lowest BCUT2D eigenvalue weighted by Crippen LogP contribution is -2.31. The van der Waals surface area contributed by atoms with Gasteiger partial charge in [0, 0.05) is 19.2 Å². The molecule has 0 aliphatic carbocycles. The topological polar surface area (TPSA) is 66.8 Å². The van der Waals surface area contributed by atoms with E-state index in [-0.39, 0.29) is 11.9 Å². The zero-order chi connectivity index (χ0) is 19.6. The number of nitrogens with zero attached hydrogens (tertiary/aromatic N) is 4. The van der Waals surface area contributed by atoms with Crippen LogP contribution in [0.25, 0.3) is 16.7 Å². The van der Waals surface area contributed by atoms with Crippen molar-refractivity contribution in [2.45, 2.75) is 31.7 Å². The van der Waals surface area contributed by atoms with Gasteiger partial charge >= 0.3 is 0 Å². The highest BCUT2D eigenvalue weighted by Gasteiger charge is 2.31. The molecule has 1 aliphatic heterocycles. The molecule has 6 heteroatoms. The molecule has 1 aliphatic rings. The van der Waals surface area contributed by atoms with Gasteiger partial charge in [0.05, 0.1) is 29.0 Å². The predicted molar refractivity (Wildman–Crippen MR) is 112 cm³/mol. The molecule has 5 rings (SSSR count). The lowest BCUT2D eigenvalue weighted by atomic mass is 10.1. The molecule has 6 nitrogen and oxygen atoms in total. The first-order chi connectivity index (χ1) is 14.3. The SMILES string of the molecule is O=C(CCc1cnn(-c2ccccc2)c1)N1CCCC1c1nc2ccccc2[nH]1. The second-order valence-corrected chi connectivity index (χ2v) is 7.51. The maximum atomic E-state index is 13.0. The normalized spacial score (nSPS) is 16.6. The second kappa shape index (κ2) is 7.54. The molecule has 1 saturated heterocycles. The van der Waals surface area contributed by atoms with Crippen LogP contribution in [-0.4, -0.2) is 37.1 Å². The van der Waals surface area contributed by atoms with Crippen LogP contribution in [0.5, 0.6) is 0 Å². The van der Waals surface area contributed by atoms with E-state index < -0.39 is 0 Å². The molecule has 2 aromatic heterocycles. The van der Waals surface area contributed by atoms with Gasteiger partial charge in [-0.15, -0.1) is 0 Å². The average molecular weight is 385 g/mol. The Labute approximate surface area is 169 Å². The number of imidazole rings is 1. The summed E-state index contributed by atoms with van der Waals surface area (Å²) in [5.41, 5.74) is 4.07. The molecule has 146 valence electrons. The number of aromatic amines is 1. The molecule has 29 heavy (non-hydrogen) atoms. The lowest BCUT2D eigenvalue weighted by Gasteiger charge is -2.23. The van der Waals surface area contributed by atoms with Crippen LogP contribution in [0.15, 0.2) is 67.0 Å². The third-order valence-corrected chi connectivity index (χ3v) is 5.58. The number of fused-ring (bicyclic) bond motifs is 1. The fourth-order valence-corrected chi connectivity index (χ4v) is 4.09. The minimum absolute atomic E-state index is 0.0435. The average Bonchev–Trinajstić information content (AvgIpc) is 3.51. The van der Waals surface area contributed by atoms with Crippen molar-refractivity contribution in [3.63, 3.8) is 0 Å². The Balaban J connectivity index is 1.26. The van der Waals surface area contributed by atoms with Crippen molar-refractivity contribution in [3.8, 4) is 5.69 Å². The summed E-state index contributed by atoms with van der Waals surface area (Å²) >= 11 is 0. The summed E-state index contributed by atoms with van der Waals surface area (Å²) in [5, 5.41) is 4.43. The molecule has 1 fully saturated rings. The molecule has 4 aromatic rings. The minimum atomic E-state index is 0.0435. The van der Waals surface area contributed by atoms with Crippen molar-refractivity contribution in [2.24, 2.45) is 0 Å². The van der Waals surface area contributed by atoms with E-state index in [2.05, 4.69) is 10.1 Å². The van der Waals surface area contributed by atoms with Crippen LogP contribution in [0.3, 0.4) is 0 Å². The number of amides is 1. The van der Waals surface area contributed by atoms with Gasteiger partial charge in [0.15, 0.2) is 0 Å². The summed E-state index contributed by atoms with van der Waals surface area (Å²) < 4.78 is 1.85. The standard InChI is InChI=1S/C23H23N5O/c29-22(13-12-17-15-24-28(16-17)18-7-2-1-3-8-18)27-14-6-11-21(27)23-25-19-9-4-5-10-20(19)26-23/h1-5,7-10,15-16,21H,6,11-14H2,(H,25,26). The number of likely N-dealkylation sites (tertiary alicyclic amines) is 1. The maximum Gasteiger partial charge on any atom is 0.223 e. The van der Waals surface area contributed by atoms with E-state index in [1.165, 1.54) is 0 Å². The molecule has 0 spiro atoms. The Morgan fingerprint density at radius 1 is 1.10 bits per heavy atom. The van der Waals surface area contributed by atoms with Crippen LogP contribution in [-0.2, 0) is 11.2 Å². The number of carbonyl (C=O) groups is 1. The third kappa shape index (κ3) is 3.53. The van der Waals surface area contributed by atoms with Gasteiger partial charge in [0.25, 0.3) is 0 Å². The minimum Gasteiger partial charge on any atom is -0.340 e. The van der Waals surface area contributed by atoms with Crippen molar-refractivity contribution >= 4 is 16.9 Å². The molecular formula is C23H23N5O. The second-order valence-electron chi connectivity index (χ2n) is 7.51. The number of benzene rings is 2. The van der Waals surface area contributed by atoms with Crippen LogP contribution >= 0.6 is 0 Å². The number of nitrogens with one attached hydrogen (secondary N) is 1. The molecule has 1 unspecified atom stereocenters. The summed E-state index contributed by atoms with van der Waals surface area (Å²) in [6.45, 7) is 0.795. The number of aromatic nitrogens is 4. The van der Waals surface area contributed by atoms with Crippen LogP contribution in [0.1, 0.15) is 36.7 Å². The number of hydrogen-bond acceptors (Lipinski definition) is 3. The van der Waals surface area contributed by atoms with E-state index in [1.807, 2.05) is 76.6 Å². The van der Waals surface area contributed by atoms with Crippen molar-refractivity contribution in [3.05, 3.63) is 78.4 Å². The van der Waals surface area contributed by atoms with E-state index in [9.17, 15) is 4.79 Å². The van der Waals surface area contributed by atoms with Gasteiger partial charge in [0.2, 0.25) is 5.91 Å². The molecular weight excluding hydrogens is 362 g/mol. The van der Waals surface area contributed by atoms with Crippen LogP contribution in [0.4, 0.5) is 0 Å². The molecule has 0 bridgehead atoms. The molecule has 1 amide bonds. The van der Waals surface area contributed by atoms with Crippen molar-refractivity contribution in [1.82, 2.24) is 24.6 Å². The highest BCUT2D eigenvalue weighted by atomic mass is 16.2. The third-order valence-electron chi connectivity index (χ3n) is 5.58. The van der Waals surface area contributed by atoms with E-state index in [4.69, 9.17) is 4.98 Å². The molecule has 3 heterocycles. The molecule has 1 atom stereocenters. The summed E-state index contributed by atoms with van der Waals surface area (Å²) in [6, 6.07) is 18.1. The number of para-hydroxylation sites is 3. The Morgan fingerprint density at radius 3 is 2.79 bits per heavy atom. The quantitative estimate of drug-likeness (QED) is 0.564. The zero-order valence-electron chi connectivity index (χ0n) is 16.2. The monoisotopic (exact) mass is 385 g/mol. The first kappa shape index (κ1) is 17.7. The zero-order valence-corrected chi connectivity index (χ0v) is 16.2. The fraction of sp³-hybridized carbons (Fsp3) is 0.261. The molecule has 0 radical (unpaired) electrons. The van der Waals surface area contributed by atoms with Gasteiger partial charge < -0.3 is 9.88 Å². The van der Waals surface area contributed by atoms with Gasteiger partial charge in [-0.1, -0.05) is 30.3 Å². The van der Waals surface area contributed by atoms with Crippen molar-refractivity contribution in [2.75, 3.05) is 6.54 Å². The number of H-pyrrole nitrogens is 1. The summed E-state index contributed by atoms with van der Waals surface area (Å²) in [7, 11) is 0. The Hall–Kier alpha value is -3.41. The van der Waals surface area contributed by atoms with Crippen molar-refractivity contribution in [1.29, 1.82) is 0 Å². The van der Waals surface area contributed by atoms with E-state index in [1.54, 1.807) is 0 Å².